The molecule has 0 spiro atoms. The number of anilines is 1. The predicted octanol–water partition coefficient (Wildman–Crippen LogP) is 5.68. The van der Waals surface area contributed by atoms with Crippen LogP contribution in [0.5, 0.6) is 0 Å². The monoisotopic (exact) mass is 446 g/mol. The second-order valence-electron chi connectivity index (χ2n) is 9.22. The van der Waals surface area contributed by atoms with Crippen LogP contribution in [0.4, 0.5) is 10.1 Å². The van der Waals surface area contributed by atoms with Crippen LogP contribution >= 0.6 is 0 Å². The van der Waals surface area contributed by atoms with Gasteiger partial charge in [0.15, 0.2) is 0 Å². The Bertz CT molecular complexity index is 1110. The van der Waals surface area contributed by atoms with Crippen LogP contribution in [0, 0.1) is 28.5 Å². The largest absolute Gasteiger partial charge is 0.481 e. The minimum Gasteiger partial charge on any atom is -0.481 e. The van der Waals surface area contributed by atoms with Crippen molar-refractivity contribution in [2.45, 2.75) is 50.9 Å². The van der Waals surface area contributed by atoms with E-state index in [1.165, 1.54) is 12.1 Å². The standard InChI is InChI=1S/C27H27FN2O3/c28-22-12-9-19(17-27(13-14-27)26(32)33)16-23(22)30-25(31)24(20-5-1-2-6-20)21-10-7-18(8-11-21)4-3-15-29/h3-4,7-12,16,20,24H,1-2,5-6,13-14,17H2,(H,30,31)(H,32,33)/b4-3+/t24-/m0/s1. The summed E-state index contributed by atoms with van der Waals surface area (Å²) in [5, 5.41) is 21.0. The van der Waals surface area contributed by atoms with Gasteiger partial charge in [-0.25, -0.2) is 4.39 Å². The Morgan fingerprint density at radius 2 is 1.88 bits per heavy atom. The molecule has 0 heterocycles. The number of allylic oxidation sites excluding steroid dienone is 1. The Morgan fingerprint density at radius 3 is 2.48 bits per heavy atom. The molecule has 2 aromatic carbocycles. The molecule has 1 amide bonds. The highest BCUT2D eigenvalue weighted by molar-refractivity contribution is 5.96. The van der Waals surface area contributed by atoms with Crippen molar-refractivity contribution in [3.63, 3.8) is 0 Å². The number of carbonyl (C=O) groups excluding carboxylic acids is 1. The van der Waals surface area contributed by atoms with Gasteiger partial charge < -0.3 is 10.4 Å². The molecule has 2 aromatic rings. The SMILES string of the molecule is N#C/C=C/c1ccc([C@@H](C(=O)Nc2cc(CC3(C(=O)O)CC3)ccc2F)C2CCCC2)cc1. The number of nitrogens with one attached hydrogen (secondary N) is 1. The smallest absolute Gasteiger partial charge is 0.309 e. The summed E-state index contributed by atoms with van der Waals surface area (Å²) in [6, 6.07) is 14.0. The minimum absolute atomic E-state index is 0.0928. The summed E-state index contributed by atoms with van der Waals surface area (Å²) >= 11 is 0. The summed E-state index contributed by atoms with van der Waals surface area (Å²) in [5.41, 5.74) is 1.78. The molecule has 2 aliphatic carbocycles. The third-order valence-corrected chi connectivity index (χ3v) is 6.94. The number of carboxylic acids is 1. The molecule has 1 atom stereocenters. The zero-order valence-corrected chi connectivity index (χ0v) is 18.4. The van der Waals surface area contributed by atoms with Gasteiger partial charge in [0.25, 0.3) is 0 Å². The van der Waals surface area contributed by atoms with E-state index in [0.717, 1.165) is 36.8 Å². The molecule has 0 saturated heterocycles. The van der Waals surface area contributed by atoms with Gasteiger partial charge in [-0.2, -0.15) is 5.26 Å². The van der Waals surface area contributed by atoms with Crippen molar-refractivity contribution in [3.05, 3.63) is 71.0 Å². The number of nitriles is 1. The average molecular weight is 447 g/mol. The van der Waals surface area contributed by atoms with Crippen molar-refractivity contribution < 1.29 is 19.1 Å². The molecular formula is C27H27FN2O3. The Hall–Kier alpha value is -3.46. The van der Waals surface area contributed by atoms with Gasteiger partial charge in [-0.05, 0) is 72.9 Å². The summed E-state index contributed by atoms with van der Waals surface area (Å²) in [4.78, 5) is 24.9. The Kier molecular flexibility index (Phi) is 6.60. The van der Waals surface area contributed by atoms with E-state index < -0.39 is 23.1 Å². The fourth-order valence-corrected chi connectivity index (χ4v) is 4.87. The molecule has 0 aliphatic heterocycles. The van der Waals surface area contributed by atoms with Crippen molar-refractivity contribution in [1.82, 2.24) is 0 Å². The second-order valence-corrected chi connectivity index (χ2v) is 9.22. The molecule has 2 N–H and O–H groups in total. The molecule has 0 radical (unpaired) electrons. The van der Waals surface area contributed by atoms with Crippen molar-refractivity contribution in [2.24, 2.45) is 11.3 Å². The van der Waals surface area contributed by atoms with E-state index in [-0.39, 0.29) is 17.5 Å². The number of carboxylic acid groups (broad SMARTS) is 1. The molecule has 2 aliphatic rings. The first-order valence-corrected chi connectivity index (χ1v) is 11.4. The molecule has 5 nitrogen and oxygen atoms in total. The van der Waals surface area contributed by atoms with Crippen molar-refractivity contribution in [2.75, 3.05) is 5.32 Å². The first-order chi connectivity index (χ1) is 15.9. The van der Waals surface area contributed by atoms with Crippen LogP contribution in [-0.4, -0.2) is 17.0 Å². The third kappa shape index (κ3) is 5.14. The van der Waals surface area contributed by atoms with Crippen molar-refractivity contribution in [1.29, 1.82) is 5.26 Å². The molecule has 0 unspecified atom stereocenters. The van der Waals surface area contributed by atoms with Crippen LogP contribution in [0.15, 0.2) is 48.5 Å². The fourth-order valence-electron chi connectivity index (χ4n) is 4.87. The van der Waals surface area contributed by atoms with Gasteiger partial charge in [-0.15, -0.1) is 0 Å². The summed E-state index contributed by atoms with van der Waals surface area (Å²) in [6.45, 7) is 0. The van der Waals surface area contributed by atoms with Crippen LogP contribution < -0.4 is 5.32 Å². The maximum atomic E-state index is 14.6. The van der Waals surface area contributed by atoms with Crippen LogP contribution in [0.3, 0.4) is 0 Å². The number of halogens is 1. The second kappa shape index (κ2) is 9.58. The molecule has 4 rings (SSSR count). The summed E-state index contributed by atoms with van der Waals surface area (Å²) in [6.07, 6.45) is 8.69. The van der Waals surface area contributed by atoms with Crippen LogP contribution in [0.25, 0.3) is 6.08 Å². The highest BCUT2D eigenvalue weighted by Crippen LogP contribution is 2.49. The lowest BCUT2D eigenvalue weighted by molar-refractivity contribution is -0.143. The fraction of sp³-hybridized carbons (Fsp3) is 0.370. The molecule has 170 valence electrons. The van der Waals surface area contributed by atoms with Gasteiger partial charge in [0, 0.05) is 6.08 Å². The van der Waals surface area contributed by atoms with Gasteiger partial charge in [0.2, 0.25) is 5.91 Å². The van der Waals surface area contributed by atoms with Gasteiger partial charge in [0.1, 0.15) is 5.82 Å². The van der Waals surface area contributed by atoms with E-state index in [1.54, 1.807) is 18.2 Å². The van der Waals surface area contributed by atoms with E-state index in [2.05, 4.69) is 5.32 Å². The minimum atomic E-state index is -0.827. The summed E-state index contributed by atoms with van der Waals surface area (Å²) in [5.74, 6) is -1.84. The molecule has 0 aromatic heterocycles. The third-order valence-electron chi connectivity index (χ3n) is 6.94. The molecule has 2 saturated carbocycles. The molecule has 2 fully saturated rings. The number of rotatable bonds is 8. The molecule has 6 heteroatoms. The van der Waals surface area contributed by atoms with E-state index in [9.17, 15) is 19.1 Å². The van der Waals surface area contributed by atoms with Crippen molar-refractivity contribution >= 4 is 23.6 Å². The normalized spacial score (nSPS) is 18.1. The number of benzene rings is 2. The lowest BCUT2D eigenvalue weighted by Gasteiger charge is -2.24. The lowest BCUT2D eigenvalue weighted by Crippen LogP contribution is -2.27. The van der Waals surface area contributed by atoms with Crippen LogP contribution in [-0.2, 0) is 16.0 Å². The van der Waals surface area contributed by atoms with Gasteiger partial charge in [-0.3, -0.25) is 9.59 Å². The molecule has 33 heavy (non-hydrogen) atoms. The highest BCUT2D eigenvalue weighted by Gasteiger charge is 2.50. The Balaban J connectivity index is 1.56. The number of carbonyl (C=O) groups is 2. The zero-order chi connectivity index (χ0) is 23.4. The highest BCUT2D eigenvalue weighted by atomic mass is 19.1. The van der Waals surface area contributed by atoms with E-state index in [1.807, 2.05) is 30.3 Å². The van der Waals surface area contributed by atoms with E-state index >= 15 is 0 Å². The quantitative estimate of drug-likeness (QED) is 0.510. The van der Waals surface area contributed by atoms with Crippen LogP contribution in [0.2, 0.25) is 0 Å². The van der Waals surface area contributed by atoms with E-state index in [4.69, 9.17) is 5.26 Å². The molecule has 0 bridgehead atoms. The average Bonchev–Trinajstić information content (AvgIpc) is 3.40. The first kappa shape index (κ1) is 22.7. The maximum absolute atomic E-state index is 14.6. The van der Waals surface area contributed by atoms with Gasteiger partial charge in [-0.1, -0.05) is 43.2 Å². The number of amides is 1. The van der Waals surface area contributed by atoms with Gasteiger partial charge in [0.05, 0.1) is 23.1 Å². The Morgan fingerprint density at radius 1 is 1.18 bits per heavy atom. The van der Waals surface area contributed by atoms with Gasteiger partial charge >= 0.3 is 5.97 Å². The zero-order valence-electron chi connectivity index (χ0n) is 18.4. The predicted molar refractivity (Wildman–Crippen MR) is 124 cm³/mol. The van der Waals surface area contributed by atoms with Crippen molar-refractivity contribution in [3.8, 4) is 6.07 Å². The summed E-state index contributed by atoms with van der Waals surface area (Å²) in [7, 11) is 0. The number of hydrogen-bond donors (Lipinski definition) is 2. The first-order valence-electron chi connectivity index (χ1n) is 11.4. The number of nitrogens with zero attached hydrogens (tertiary/aromatic N) is 1. The summed E-state index contributed by atoms with van der Waals surface area (Å²) < 4.78 is 14.6. The topological polar surface area (TPSA) is 90.2 Å². The maximum Gasteiger partial charge on any atom is 0.309 e. The number of hydrogen-bond acceptors (Lipinski definition) is 3. The van der Waals surface area contributed by atoms with Crippen LogP contribution in [0.1, 0.15) is 61.1 Å². The number of aliphatic carboxylic acids is 1. The Labute approximate surface area is 192 Å². The van der Waals surface area contributed by atoms with E-state index in [0.29, 0.717) is 24.8 Å². The molecular weight excluding hydrogens is 419 g/mol. The lowest BCUT2D eigenvalue weighted by atomic mass is 9.83.